The van der Waals surface area contributed by atoms with Crippen LogP contribution in [0.4, 0.5) is 10.5 Å². The van der Waals surface area contributed by atoms with E-state index in [1.807, 2.05) is 0 Å². The average Bonchev–Trinajstić information content (AvgIpc) is 3.12. The van der Waals surface area contributed by atoms with E-state index in [1.54, 1.807) is 0 Å². The summed E-state index contributed by atoms with van der Waals surface area (Å²) in [5.74, 6) is -1.25. The Balaban J connectivity index is 1.83. The quantitative estimate of drug-likeness (QED) is 0.672. The van der Waals surface area contributed by atoms with Gasteiger partial charge < -0.3 is 20.8 Å². The lowest BCUT2D eigenvalue weighted by Gasteiger charge is -2.18. The summed E-state index contributed by atoms with van der Waals surface area (Å²) in [5, 5.41) is 23.0. The zero-order chi connectivity index (χ0) is 15.7. The Morgan fingerprint density at radius 1 is 1.09 bits per heavy atom. The number of aliphatic hydroxyl groups excluding tert-OH is 1. The maximum Gasteiger partial charge on any atom is 0.328 e. The fourth-order valence-corrected chi connectivity index (χ4v) is 3.46. The molecule has 118 valence electrons. The van der Waals surface area contributed by atoms with Crippen molar-refractivity contribution in [1.29, 1.82) is 0 Å². The number of aliphatic carboxylic acids is 1. The molecule has 6 nitrogen and oxygen atoms in total. The minimum Gasteiger partial charge on any atom is -0.480 e. The fourth-order valence-electron chi connectivity index (χ4n) is 3.46. The monoisotopic (exact) mass is 304 g/mol. The third-order valence-electron chi connectivity index (χ3n) is 4.50. The number of aryl methyl sites for hydroxylation is 2. The smallest absolute Gasteiger partial charge is 0.328 e. The molecule has 2 aliphatic rings. The van der Waals surface area contributed by atoms with Crippen molar-refractivity contribution in [3.63, 3.8) is 0 Å². The number of anilines is 1. The molecular formula is C16H20N2O4. The number of carboxylic acid groups (broad SMARTS) is 1. The molecular weight excluding hydrogens is 284 g/mol. The van der Waals surface area contributed by atoms with Crippen LogP contribution in [0.2, 0.25) is 0 Å². The first-order valence-electron chi connectivity index (χ1n) is 7.68. The molecule has 3 rings (SSSR count). The molecule has 0 spiro atoms. The Morgan fingerprint density at radius 3 is 2.18 bits per heavy atom. The second-order valence-corrected chi connectivity index (χ2v) is 5.91. The van der Waals surface area contributed by atoms with E-state index >= 15 is 0 Å². The van der Waals surface area contributed by atoms with Gasteiger partial charge in [0.2, 0.25) is 0 Å². The standard InChI is InChI=1S/C16H20N2O4/c19-8-13(15(20)21)17-16(22)18-14-11-5-1-3-9(11)7-10-4-2-6-12(10)14/h7,13,19H,1-6,8H2,(H,20,21)(H2,17,18,22). The van der Waals surface area contributed by atoms with Crippen LogP contribution in [0, 0.1) is 0 Å². The molecule has 0 aliphatic heterocycles. The highest BCUT2D eigenvalue weighted by molar-refractivity contribution is 5.94. The van der Waals surface area contributed by atoms with Crippen molar-refractivity contribution in [1.82, 2.24) is 5.32 Å². The number of rotatable bonds is 4. The van der Waals surface area contributed by atoms with Crippen LogP contribution < -0.4 is 10.6 Å². The third kappa shape index (κ3) is 2.66. The molecule has 0 fully saturated rings. The lowest BCUT2D eigenvalue weighted by Crippen LogP contribution is -2.45. The molecule has 0 saturated carbocycles. The van der Waals surface area contributed by atoms with Crippen LogP contribution in [0.15, 0.2) is 6.07 Å². The SMILES string of the molecule is O=C(Nc1c2c(cc3c1CCC3)CCC2)NC(CO)C(=O)O. The summed E-state index contributed by atoms with van der Waals surface area (Å²) in [4.78, 5) is 23.0. The Kier molecular flexibility index (Phi) is 4.02. The van der Waals surface area contributed by atoms with E-state index in [9.17, 15) is 9.59 Å². The maximum atomic E-state index is 12.1. The van der Waals surface area contributed by atoms with Crippen LogP contribution in [-0.4, -0.2) is 34.9 Å². The van der Waals surface area contributed by atoms with Crippen LogP contribution in [0.3, 0.4) is 0 Å². The van der Waals surface area contributed by atoms with Crippen LogP contribution >= 0.6 is 0 Å². The summed E-state index contributed by atoms with van der Waals surface area (Å²) in [6.07, 6.45) is 6.13. The molecule has 1 atom stereocenters. The predicted octanol–water partition coefficient (Wildman–Crippen LogP) is 1.23. The number of hydrogen-bond acceptors (Lipinski definition) is 3. The molecule has 1 aromatic carbocycles. The minimum absolute atomic E-state index is 0.573. The molecule has 6 heteroatoms. The van der Waals surface area contributed by atoms with Gasteiger partial charge >= 0.3 is 12.0 Å². The van der Waals surface area contributed by atoms with Gasteiger partial charge in [0.1, 0.15) is 0 Å². The van der Waals surface area contributed by atoms with E-state index in [0.717, 1.165) is 44.2 Å². The van der Waals surface area contributed by atoms with Crippen LogP contribution in [0.1, 0.15) is 35.1 Å². The van der Waals surface area contributed by atoms with Crippen molar-refractivity contribution in [3.05, 3.63) is 28.3 Å². The van der Waals surface area contributed by atoms with Gasteiger partial charge in [-0.1, -0.05) is 6.07 Å². The van der Waals surface area contributed by atoms with Gasteiger partial charge in [0, 0.05) is 5.69 Å². The number of carbonyl (C=O) groups excluding carboxylic acids is 1. The number of nitrogens with one attached hydrogen (secondary N) is 2. The number of carboxylic acids is 1. The van der Waals surface area contributed by atoms with Gasteiger partial charge in [0.25, 0.3) is 0 Å². The Hall–Kier alpha value is -2.08. The zero-order valence-corrected chi connectivity index (χ0v) is 12.3. The highest BCUT2D eigenvalue weighted by Gasteiger charge is 2.26. The lowest BCUT2D eigenvalue weighted by atomic mass is 9.99. The molecule has 2 amide bonds. The van der Waals surface area contributed by atoms with Gasteiger partial charge in [0.15, 0.2) is 6.04 Å². The van der Waals surface area contributed by atoms with E-state index in [1.165, 1.54) is 22.3 Å². The molecule has 22 heavy (non-hydrogen) atoms. The normalized spacial score (nSPS) is 16.8. The van der Waals surface area contributed by atoms with E-state index in [-0.39, 0.29) is 0 Å². The second-order valence-electron chi connectivity index (χ2n) is 5.91. The number of fused-ring (bicyclic) bond motifs is 2. The first-order valence-corrected chi connectivity index (χ1v) is 7.68. The second kappa shape index (κ2) is 5.96. The van der Waals surface area contributed by atoms with Gasteiger partial charge in [0.05, 0.1) is 6.61 Å². The molecule has 2 aliphatic carbocycles. The van der Waals surface area contributed by atoms with E-state index in [4.69, 9.17) is 10.2 Å². The fraction of sp³-hybridized carbons (Fsp3) is 0.500. The van der Waals surface area contributed by atoms with Crippen molar-refractivity contribution >= 4 is 17.7 Å². The number of hydrogen-bond donors (Lipinski definition) is 4. The van der Waals surface area contributed by atoms with Gasteiger partial charge in [-0.2, -0.15) is 0 Å². The van der Waals surface area contributed by atoms with Crippen molar-refractivity contribution in [3.8, 4) is 0 Å². The van der Waals surface area contributed by atoms with E-state index in [0.29, 0.717) is 0 Å². The number of carbonyl (C=O) groups is 2. The van der Waals surface area contributed by atoms with Gasteiger partial charge in [-0.3, -0.25) is 0 Å². The van der Waals surface area contributed by atoms with Crippen LogP contribution in [0.5, 0.6) is 0 Å². The topological polar surface area (TPSA) is 98.7 Å². The summed E-state index contributed by atoms with van der Waals surface area (Å²) in [5.41, 5.74) is 5.83. The molecule has 0 aromatic heterocycles. The lowest BCUT2D eigenvalue weighted by molar-refractivity contribution is -0.140. The first kappa shape index (κ1) is 14.8. The molecule has 0 saturated heterocycles. The van der Waals surface area contributed by atoms with Crippen molar-refractivity contribution in [2.45, 2.75) is 44.6 Å². The Morgan fingerprint density at radius 2 is 1.68 bits per heavy atom. The summed E-state index contributed by atoms with van der Waals surface area (Å²) in [7, 11) is 0. The first-order chi connectivity index (χ1) is 10.6. The number of amides is 2. The van der Waals surface area contributed by atoms with Gasteiger partial charge in [-0.05, 0) is 60.8 Å². The zero-order valence-electron chi connectivity index (χ0n) is 12.3. The summed E-state index contributed by atoms with van der Waals surface area (Å²) in [6, 6.07) is 0.405. The molecule has 0 heterocycles. The number of urea groups is 1. The van der Waals surface area contributed by atoms with Crippen LogP contribution in [0.25, 0.3) is 0 Å². The molecule has 1 unspecified atom stereocenters. The summed E-state index contributed by atoms with van der Waals surface area (Å²) >= 11 is 0. The van der Waals surface area contributed by atoms with Crippen LogP contribution in [-0.2, 0) is 30.5 Å². The molecule has 1 aromatic rings. The highest BCUT2D eigenvalue weighted by atomic mass is 16.4. The Labute approximate surface area is 128 Å². The maximum absolute atomic E-state index is 12.1. The highest BCUT2D eigenvalue weighted by Crippen LogP contribution is 2.38. The molecule has 0 radical (unpaired) electrons. The van der Waals surface area contributed by atoms with E-state index in [2.05, 4.69) is 16.7 Å². The largest absolute Gasteiger partial charge is 0.480 e. The van der Waals surface area contributed by atoms with Crippen molar-refractivity contribution in [2.24, 2.45) is 0 Å². The van der Waals surface area contributed by atoms with Gasteiger partial charge in [-0.25, -0.2) is 9.59 Å². The average molecular weight is 304 g/mol. The summed E-state index contributed by atoms with van der Waals surface area (Å²) in [6.45, 7) is -0.631. The molecule has 4 N–H and O–H groups in total. The van der Waals surface area contributed by atoms with E-state index < -0.39 is 24.6 Å². The number of benzene rings is 1. The predicted molar refractivity (Wildman–Crippen MR) is 81.2 cm³/mol. The Bertz CT molecular complexity index is 595. The summed E-state index contributed by atoms with van der Waals surface area (Å²) < 4.78 is 0. The van der Waals surface area contributed by atoms with Crippen molar-refractivity contribution < 1.29 is 19.8 Å². The van der Waals surface area contributed by atoms with Crippen molar-refractivity contribution in [2.75, 3.05) is 11.9 Å². The number of aliphatic hydroxyl groups is 1. The minimum atomic E-state index is -1.29. The third-order valence-corrected chi connectivity index (χ3v) is 4.50. The van der Waals surface area contributed by atoms with Gasteiger partial charge in [-0.15, -0.1) is 0 Å². The molecule has 0 bridgehead atoms.